The highest BCUT2D eigenvalue weighted by Crippen LogP contribution is 2.28. The Morgan fingerprint density at radius 3 is 2.64 bits per heavy atom. The van der Waals surface area contributed by atoms with Crippen LogP contribution in [-0.4, -0.2) is 35.3 Å². The van der Waals surface area contributed by atoms with E-state index in [-0.39, 0.29) is 11.5 Å². The lowest BCUT2D eigenvalue weighted by atomic mass is 10.2. The van der Waals surface area contributed by atoms with Gasteiger partial charge in [0.05, 0.1) is 36.3 Å². The van der Waals surface area contributed by atoms with Gasteiger partial charge in [0.1, 0.15) is 10.6 Å². The molecule has 0 aliphatic rings. The monoisotopic (exact) mass is 401 g/mol. The number of amides is 1. The molecule has 0 fully saturated rings. The molecule has 0 saturated heterocycles. The first-order valence-corrected chi connectivity index (χ1v) is 9.97. The van der Waals surface area contributed by atoms with Crippen molar-refractivity contribution in [2.24, 2.45) is 0 Å². The Morgan fingerprint density at radius 1 is 1.21 bits per heavy atom. The first kappa shape index (κ1) is 20.0. The molecule has 0 bridgehead atoms. The lowest BCUT2D eigenvalue weighted by Gasteiger charge is -2.07. The van der Waals surface area contributed by atoms with Crippen LogP contribution in [0.3, 0.4) is 0 Å². The second-order valence-corrected chi connectivity index (χ2v) is 7.09. The van der Waals surface area contributed by atoms with Crippen LogP contribution in [0.25, 0.3) is 10.2 Å². The topological polar surface area (TPSA) is 82.5 Å². The van der Waals surface area contributed by atoms with Crippen LogP contribution in [-0.2, 0) is 11.3 Å². The van der Waals surface area contributed by atoms with Crippen molar-refractivity contribution in [3.8, 4) is 5.75 Å². The summed E-state index contributed by atoms with van der Waals surface area (Å²) in [6.07, 6.45) is 1.51. The molecule has 2 heterocycles. The third-order valence-corrected chi connectivity index (χ3v) is 5.43. The number of anilines is 1. The lowest BCUT2D eigenvalue weighted by Crippen LogP contribution is -2.23. The number of ether oxygens (including phenoxy) is 2. The molecule has 1 N–H and O–H groups in total. The number of hydrogen-bond donors (Lipinski definition) is 1. The van der Waals surface area contributed by atoms with Gasteiger partial charge in [0.2, 0.25) is 0 Å². The van der Waals surface area contributed by atoms with E-state index in [1.807, 2.05) is 13.8 Å². The fourth-order valence-corrected chi connectivity index (χ4v) is 3.87. The van der Waals surface area contributed by atoms with Crippen molar-refractivity contribution in [3.63, 3.8) is 0 Å². The maximum absolute atomic E-state index is 12.8. The van der Waals surface area contributed by atoms with Crippen LogP contribution in [0.4, 0.5) is 5.69 Å². The van der Waals surface area contributed by atoms with E-state index in [0.717, 1.165) is 5.75 Å². The highest BCUT2D eigenvalue weighted by atomic mass is 32.1. The number of carbonyl (C=O) groups excluding carboxylic acids is 1. The smallest absolute Gasteiger partial charge is 0.266 e. The van der Waals surface area contributed by atoms with E-state index in [4.69, 9.17) is 9.47 Å². The second-order valence-electron chi connectivity index (χ2n) is 6.09. The van der Waals surface area contributed by atoms with Crippen LogP contribution in [0, 0.1) is 6.92 Å². The number of rotatable bonds is 8. The van der Waals surface area contributed by atoms with Gasteiger partial charge in [-0.05, 0) is 50.6 Å². The number of fused-ring (bicyclic) bond motifs is 1. The van der Waals surface area contributed by atoms with E-state index in [1.165, 1.54) is 22.2 Å². The van der Waals surface area contributed by atoms with E-state index in [1.54, 1.807) is 31.2 Å². The second kappa shape index (κ2) is 8.99. The quantitative estimate of drug-likeness (QED) is 0.585. The minimum absolute atomic E-state index is 0.154. The van der Waals surface area contributed by atoms with E-state index in [9.17, 15) is 9.59 Å². The van der Waals surface area contributed by atoms with Crippen LogP contribution < -0.4 is 15.6 Å². The van der Waals surface area contributed by atoms with Gasteiger partial charge >= 0.3 is 0 Å². The minimum Gasteiger partial charge on any atom is -0.494 e. The number of nitrogens with one attached hydrogen (secondary N) is 1. The van der Waals surface area contributed by atoms with Gasteiger partial charge in [-0.1, -0.05) is 0 Å². The molecular weight excluding hydrogens is 378 g/mol. The molecule has 2 aromatic heterocycles. The zero-order valence-electron chi connectivity index (χ0n) is 16.2. The molecule has 0 aliphatic carbocycles. The van der Waals surface area contributed by atoms with Gasteiger partial charge in [-0.15, -0.1) is 11.3 Å². The van der Waals surface area contributed by atoms with Gasteiger partial charge in [-0.3, -0.25) is 14.2 Å². The average molecular weight is 401 g/mol. The van der Waals surface area contributed by atoms with E-state index >= 15 is 0 Å². The van der Waals surface area contributed by atoms with Crippen LogP contribution >= 0.6 is 11.3 Å². The summed E-state index contributed by atoms with van der Waals surface area (Å²) in [7, 11) is 0. The molecule has 1 aromatic carbocycles. The number of nitrogens with zero attached hydrogens (tertiary/aromatic N) is 2. The third-order valence-electron chi connectivity index (χ3n) is 4.23. The van der Waals surface area contributed by atoms with Gasteiger partial charge in [-0.25, -0.2) is 4.98 Å². The Bertz CT molecular complexity index is 1020. The van der Waals surface area contributed by atoms with E-state index in [2.05, 4.69) is 10.3 Å². The van der Waals surface area contributed by atoms with E-state index in [0.29, 0.717) is 52.7 Å². The molecule has 28 heavy (non-hydrogen) atoms. The minimum atomic E-state index is -0.259. The van der Waals surface area contributed by atoms with Crippen molar-refractivity contribution in [1.82, 2.24) is 9.55 Å². The van der Waals surface area contributed by atoms with Crippen molar-refractivity contribution in [2.45, 2.75) is 27.3 Å². The summed E-state index contributed by atoms with van der Waals surface area (Å²) in [6.45, 7) is 7.65. The molecule has 148 valence electrons. The van der Waals surface area contributed by atoms with Crippen LogP contribution in [0.5, 0.6) is 5.75 Å². The molecular formula is C20H23N3O4S. The highest BCUT2D eigenvalue weighted by Gasteiger charge is 2.19. The highest BCUT2D eigenvalue weighted by molar-refractivity contribution is 7.20. The van der Waals surface area contributed by atoms with Crippen molar-refractivity contribution in [3.05, 3.63) is 51.4 Å². The summed E-state index contributed by atoms with van der Waals surface area (Å²) in [5.74, 6) is 0.486. The number of aromatic nitrogens is 2. The standard InChI is InChI=1S/C20H23N3O4S/c1-4-26-11-10-23-12-21-19-16(20(23)25)13(3)17(28-19)18(24)22-14-6-8-15(9-7-14)27-5-2/h6-9,12H,4-5,10-11H2,1-3H3,(H,22,24). The fourth-order valence-electron chi connectivity index (χ4n) is 2.83. The Balaban J connectivity index is 1.84. The molecule has 3 rings (SSSR count). The Kier molecular flexibility index (Phi) is 6.43. The maximum Gasteiger partial charge on any atom is 0.266 e. The normalized spacial score (nSPS) is 11.0. The van der Waals surface area contributed by atoms with Crippen molar-refractivity contribution >= 4 is 33.1 Å². The first-order valence-electron chi connectivity index (χ1n) is 9.15. The van der Waals surface area contributed by atoms with Crippen molar-refractivity contribution in [2.75, 3.05) is 25.1 Å². The third kappa shape index (κ3) is 4.23. The van der Waals surface area contributed by atoms with Gasteiger partial charge < -0.3 is 14.8 Å². The fraction of sp³-hybridized carbons (Fsp3) is 0.350. The summed E-state index contributed by atoms with van der Waals surface area (Å²) in [5, 5.41) is 3.35. The molecule has 3 aromatic rings. The van der Waals surface area contributed by atoms with Gasteiger partial charge in [0, 0.05) is 12.3 Å². The summed E-state index contributed by atoms with van der Waals surface area (Å²) in [4.78, 5) is 30.9. The van der Waals surface area contributed by atoms with Gasteiger partial charge in [0.15, 0.2) is 0 Å². The average Bonchev–Trinajstić information content (AvgIpc) is 3.03. The molecule has 1 amide bonds. The van der Waals surface area contributed by atoms with Crippen molar-refractivity contribution < 1.29 is 14.3 Å². The van der Waals surface area contributed by atoms with E-state index < -0.39 is 0 Å². The van der Waals surface area contributed by atoms with Gasteiger partial charge in [0.25, 0.3) is 11.5 Å². The number of carbonyl (C=O) groups is 1. The zero-order valence-corrected chi connectivity index (χ0v) is 17.0. The summed E-state index contributed by atoms with van der Waals surface area (Å²) in [6, 6.07) is 7.17. The predicted octanol–water partition coefficient (Wildman–Crippen LogP) is 3.45. The zero-order chi connectivity index (χ0) is 20.1. The maximum atomic E-state index is 12.8. The van der Waals surface area contributed by atoms with Gasteiger partial charge in [-0.2, -0.15) is 0 Å². The number of aryl methyl sites for hydroxylation is 1. The first-order chi connectivity index (χ1) is 13.5. The molecule has 0 aliphatic heterocycles. The number of benzene rings is 1. The summed E-state index contributed by atoms with van der Waals surface area (Å²) >= 11 is 1.22. The number of hydrogen-bond acceptors (Lipinski definition) is 6. The predicted molar refractivity (Wildman–Crippen MR) is 111 cm³/mol. The van der Waals surface area contributed by atoms with Crippen molar-refractivity contribution in [1.29, 1.82) is 0 Å². The number of thiophene rings is 1. The van der Waals surface area contributed by atoms with Crippen LogP contribution in [0.1, 0.15) is 29.1 Å². The summed E-state index contributed by atoms with van der Waals surface area (Å²) < 4.78 is 12.2. The summed E-state index contributed by atoms with van der Waals surface area (Å²) in [5.41, 5.74) is 1.15. The Labute approximate surface area is 166 Å². The molecule has 0 radical (unpaired) electrons. The molecule has 0 atom stereocenters. The largest absolute Gasteiger partial charge is 0.494 e. The Hall–Kier alpha value is -2.71. The molecule has 0 unspecified atom stereocenters. The SMILES string of the molecule is CCOCCn1cnc2sc(C(=O)Nc3ccc(OCC)cc3)c(C)c2c1=O. The molecule has 0 saturated carbocycles. The van der Waals surface area contributed by atoms with Crippen LogP contribution in [0.15, 0.2) is 35.4 Å². The van der Waals surface area contributed by atoms with Crippen LogP contribution in [0.2, 0.25) is 0 Å². The molecule has 8 heteroatoms. The Morgan fingerprint density at radius 2 is 1.96 bits per heavy atom. The lowest BCUT2D eigenvalue weighted by molar-refractivity contribution is 0.103. The molecule has 7 nitrogen and oxygen atoms in total. The molecule has 0 spiro atoms.